The summed E-state index contributed by atoms with van der Waals surface area (Å²) >= 11 is 0. The summed E-state index contributed by atoms with van der Waals surface area (Å²) in [7, 11) is 1.53. The Morgan fingerprint density at radius 2 is 1.62 bits per heavy atom. The van der Waals surface area contributed by atoms with E-state index in [1.165, 1.54) is 7.11 Å². The SMILES string of the molecule is COc1ccccc1NC(=O)NCCNC(=O)c1ccc(NC(=O)C2CC2)cc1. The van der Waals surface area contributed by atoms with Crippen molar-refractivity contribution in [2.75, 3.05) is 30.8 Å². The minimum absolute atomic E-state index is 0.0275. The zero-order valence-electron chi connectivity index (χ0n) is 16.2. The van der Waals surface area contributed by atoms with Crippen LogP contribution in [0.3, 0.4) is 0 Å². The molecule has 0 aliphatic heterocycles. The fourth-order valence-corrected chi connectivity index (χ4v) is 2.66. The Labute approximate surface area is 169 Å². The van der Waals surface area contributed by atoms with E-state index in [0.29, 0.717) is 22.7 Å². The number of rotatable bonds is 8. The van der Waals surface area contributed by atoms with E-state index >= 15 is 0 Å². The first kappa shape index (κ1) is 20.2. The Kier molecular flexibility index (Phi) is 6.67. The molecule has 8 nitrogen and oxygen atoms in total. The first-order chi connectivity index (χ1) is 14.1. The number of carbonyl (C=O) groups excluding carboxylic acids is 3. The summed E-state index contributed by atoms with van der Waals surface area (Å²) in [5, 5.41) is 10.9. The fraction of sp³-hybridized carbons (Fsp3) is 0.286. The molecule has 0 heterocycles. The average molecular weight is 396 g/mol. The molecular formula is C21H24N4O4. The topological polar surface area (TPSA) is 109 Å². The van der Waals surface area contributed by atoms with Crippen molar-refractivity contribution < 1.29 is 19.1 Å². The van der Waals surface area contributed by atoms with Crippen LogP contribution in [0.15, 0.2) is 48.5 Å². The van der Waals surface area contributed by atoms with Gasteiger partial charge >= 0.3 is 6.03 Å². The van der Waals surface area contributed by atoms with Crippen molar-refractivity contribution in [2.24, 2.45) is 5.92 Å². The van der Waals surface area contributed by atoms with Crippen LogP contribution < -0.4 is 26.0 Å². The Morgan fingerprint density at radius 3 is 2.31 bits per heavy atom. The minimum atomic E-state index is -0.389. The molecule has 0 atom stereocenters. The van der Waals surface area contributed by atoms with Gasteiger partial charge in [-0.25, -0.2) is 4.79 Å². The van der Waals surface area contributed by atoms with E-state index in [1.54, 1.807) is 42.5 Å². The van der Waals surface area contributed by atoms with Crippen LogP contribution in [0.5, 0.6) is 5.75 Å². The van der Waals surface area contributed by atoms with Gasteiger partial charge in [0.2, 0.25) is 5.91 Å². The fourth-order valence-electron chi connectivity index (χ4n) is 2.66. The largest absolute Gasteiger partial charge is 0.495 e. The normalized spacial score (nSPS) is 12.6. The molecule has 0 unspecified atom stereocenters. The van der Waals surface area contributed by atoms with Gasteiger partial charge in [-0.2, -0.15) is 0 Å². The molecule has 0 radical (unpaired) electrons. The molecule has 1 fully saturated rings. The number of benzene rings is 2. The summed E-state index contributed by atoms with van der Waals surface area (Å²) in [6, 6.07) is 13.4. The molecule has 0 aromatic heterocycles. The van der Waals surface area contributed by atoms with Gasteiger partial charge in [0.15, 0.2) is 0 Å². The van der Waals surface area contributed by atoms with E-state index in [-0.39, 0.29) is 36.9 Å². The molecule has 0 bridgehead atoms. The highest BCUT2D eigenvalue weighted by Gasteiger charge is 2.29. The van der Waals surface area contributed by atoms with Crippen molar-refractivity contribution in [3.8, 4) is 5.75 Å². The van der Waals surface area contributed by atoms with E-state index in [1.807, 2.05) is 6.07 Å². The summed E-state index contributed by atoms with van der Waals surface area (Å²) < 4.78 is 5.17. The number of nitrogens with one attached hydrogen (secondary N) is 4. The Hall–Kier alpha value is -3.55. The summed E-state index contributed by atoms with van der Waals surface area (Å²) in [4.78, 5) is 35.9. The summed E-state index contributed by atoms with van der Waals surface area (Å²) in [6.45, 7) is 0.542. The summed E-state index contributed by atoms with van der Waals surface area (Å²) in [6.07, 6.45) is 1.88. The molecule has 4 amide bonds. The maximum Gasteiger partial charge on any atom is 0.319 e. The van der Waals surface area contributed by atoms with Crippen LogP contribution in [-0.4, -0.2) is 38.0 Å². The first-order valence-corrected chi connectivity index (χ1v) is 9.44. The van der Waals surface area contributed by atoms with Crippen LogP contribution >= 0.6 is 0 Å². The van der Waals surface area contributed by atoms with Crippen LogP contribution in [0.2, 0.25) is 0 Å². The zero-order chi connectivity index (χ0) is 20.6. The van der Waals surface area contributed by atoms with E-state index < -0.39 is 0 Å². The molecule has 2 aromatic rings. The average Bonchev–Trinajstić information content (AvgIpc) is 3.57. The van der Waals surface area contributed by atoms with Gasteiger partial charge in [-0.1, -0.05) is 12.1 Å². The van der Waals surface area contributed by atoms with Gasteiger partial charge in [0.25, 0.3) is 5.91 Å². The second-order valence-electron chi connectivity index (χ2n) is 6.68. The lowest BCUT2D eigenvalue weighted by Crippen LogP contribution is -2.36. The lowest BCUT2D eigenvalue weighted by atomic mass is 10.2. The highest BCUT2D eigenvalue weighted by atomic mass is 16.5. The Morgan fingerprint density at radius 1 is 0.931 bits per heavy atom. The molecule has 1 aliphatic rings. The molecule has 2 aromatic carbocycles. The van der Waals surface area contributed by atoms with E-state index in [2.05, 4.69) is 21.3 Å². The predicted octanol–water partition coefficient (Wildman–Crippen LogP) is 2.60. The standard InChI is InChI=1S/C21H24N4O4/c1-29-18-5-3-2-4-17(18)25-21(28)23-13-12-22-19(26)14-8-10-16(11-9-14)24-20(27)15-6-7-15/h2-5,8-11,15H,6-7,12-13H2,1H3,(H,22,26)(H,24,27)(H2,23,25,28). The van der Waals surface area contributed by atoms with Gasteiger partial charge in [-0.05, 0) is 49.2 Å². The molecule has 0 saturated heterocycles. The molecule has 29 heavy (non-hydrogen) atoms. The number of anilines is 2. The second-order valence-corrected chi connectivity index (χ2v) is 6.68. The van der Waals surface area contributed by atoms with Crippen molar-refractivity contribution >= 4 is 29.2 Å². The smallest absolute Gasteiger partial charge is 0.319 e. The molecule has 4 N–H and O–H groups in total. The van der Waals surface area contributed by atoms with Crippen molar-refractivity contribution in [2.45, 2.75) is 12.8 Å². The summed E-state index contributed by atoms with van der Waals surface area (Å²) in [5.41, 5.74) is 1.71. The van der Waals surface area contributed by atoms with Gasteiger partial charge in [0.1, 0.15) is 5.75 Å². The Bertz CT molecular complexity index is 879. The lowest BCUT2D eigenvalue weighted by molar-refractivity contribution is -0.117. The number of hydrogen-bond donors (Lipinski definition) is 4. The van der Waals surface area contributed by atoms with Crippen LogP contribution in [0.4, 0.5) is 16.2 Å². The molecule has 1 saturated carbocycles. The Balaban J connectivity index is 1.38. The molecule has 3 rings (SSSR count). The van der Waals surface area contributed by atoms with Crippen molar-refractivity contribution in [3.63, 3.8) is 0 Å². The maximum absolute atomic E-state index is 12.2. The van der Waals surface area contributed by atoms with Crippen LogP contribution in [0, 0.1) is 5.92 Å². The van der Waals surface area contributed by atoms with Crippen molar-refractivity contribution in [3.05, 3.63) is 54.1 Å². The molecular weight excluding hydrogens is 372 g/mol. The van der Waals surface area contributed by atoms with E-state index in [9.17, 15) is 14.4 Å². The predicted molar refractivity (Wildman–Crippen MR) is 110 cm³/mol. The van der Waals surface area contributed by atoms with E-state index in [0.717, 1.165) is 12.8 Å². The third-order valence-corrected chi connectivity index (χ3v) is 4.41. The highest BCUT2D eigenvalue weighted by Crippen LogP contribution is 2.30. The third-order valence-electron chi connectivity index (χ3n) is 4.41. The van der Waals surface area contributed by atoms with Gasteiger partial charge in [-0.3, -0.25) is 9.59 Å². The number of hydrogen-bond acceptors (Lipinski definition) is 4. The number of carbonyl (C=O) groups is 3. The van der Waals surface area contributed by atoms with Crippen LogP contribution in [0.1, 0.15) is 23.2 Å². The number of para-hydroxylation sites is 2. The number of methoxy groups -OCH3 is 1. The minimum Gasteiger partial charge on any atom is -0.495 e. The summed E-state index contributed by atoms with van der Waals surface area (Å²) in [5.74, 6) is 0.468. The van der Waals surface area contributed by atoms with E-state index in [4.69, 9.17) is 4.74 Å². The van der Waals surface area contributed by atoms with Gasteiger partial charge in [-0.15, -0.1) is 0 Å². The van der Waals surface area contributed by atoms with Crippen molar-refractivity contribution in [1.82, 2.24) is 10.6 Å². The number of urea groups is 1. The zero-order valence-corrected chi connectivity index (χ0v) is 16.2. The quantitative estimate of drug-likeness (QED) is 0.514. The molecule has 8 heteroatoms. The van der Waals surface area contributed by atoms with Crippen molar-refractivity contribution in [1.29, 1.82) is 0 Å². The lowest BCUT2D eigenvalue weighted by Gasteiger charge is -2.11. The molecule has 152 valence electrons. The number of ether oxygens (including phenoxy) is 1. The maximum atomic E-state index is 12.2. The molecule has 1 aliphatic carbocycles. The third kappa shape index (κ3) is 5.97. The van der Waals surface area contributed by atoms with Gasteiger partial charge < -0.3 is 26.0 Å². The van der Waals surface area contributed by atoms with Gasteiger partial charge in [0, 0.05) is 30.3 Å². The molecule has 0 spiro atoms. The first-order valence-electron chi connectivity index (χ1n) is 9.44. The van der Waals surface area contributed by atoms with Gasteiger partial charge in [0.05, 0.1) is 12.8 Å². The highest BCUT2D eigenvalue weighted by molar-refractivity contribution is 5.97. The second kappa shape index (κ2) is 9.59. The van der Waals surface area contributed by atoms with Crippen LogP contribution in [-0.2, 0) is 4.79 Å². The van der Waals surface area contributed by atoms with Crippen LogP contribution in [0.25, 0.3) is 0 Å². The monoisotopic (exact) mass is 396 g/mol. The number of amides is 4.